The van der Waals surface area contributed by atoms with E-state index in [1.54, 1.807) is 11.3 Å². The van der Waals surface area contributed by atoms with Crippen molar-refractivity contribution in [3.8, 4) is 0 Å². The highest BCUT2D eigenvalue weighted by Crippen LogP contribution is 2.25. The highest BCUT2D eigenvalue weighted by molar-refractivity contribution is 7.17. The van der Waals surface area contributed by atoms with Gasteiger partial charge in [0.15, 0.2) is 0 Å². The fraction of sp³-hybridized carbons (Fsp3) is 0.526. The molecule has 2 atom stereocenters. The molecule has 7 heteroatoms. The van der Waals surface area contributed by atoms with Crippen molar-refractivity contribution in [2.75, 3.05) is 0 Å². The van der Waals surface area contributed by atoms with Crippen LogP contribution in [0.15, 0.2) is 22.3 Å². The molecule has 1 amide bonds. The van der Waals surface area contributed by atoms with Gasteiger partial charge in [0.05, 0.1) is 10.2 Å². The van der Waals surface area contributed by atoms with E-state index in [-0.39, 0.29) is 24.1 Å². The van der Waals surface area contributed by atoms with Crippen molar-refractivity contribution in [3.63, 3.8) is 0 Å². The van der Waals surface area contributed by atoms with Crippen LogP contribution >= 0.6 is 11.3 Å². The van der Waals surface area contributed by atoms with E-state index in [0.29, 0.717) is 17.9 Å². The van der Waals surface area contributed by atoms with Crippen LogP contribution in [0.3, 0.4) is 0 Å². The molecule has 0 saturated heterocycles. The maximum absolute atomic E-state index is 12.9. The number of nitrogens with zero attached hydrogens (tertiary/aromatic N) is 3. The molecule has 0 unspecified atom stereocenters. The van der Waals surface area contributed by atoms with Gasteiger partial charge >= 0.3 is 0 Å². The minimum absolute atomic E-state index is 0.0234. The van der Waals surface area contributed by atoms with Gasteiger partial charge in [-0.1, -0.05) is 26.7 Å². The van der Waals surface area contributed by atoms with Crippen molar-refractivity contribution in [3.05, 3.63) is 33.7 Å². The van der Waals surface area contributed by atoms with Crippen LogP contribution in [-0.2, 0) is 17.8 Å². The van der Waals surface area contributed by atoms with E-state index in [1.165, 1.54) is 11.1 Å². The lowest BCUT2D eigenvalue weighted by Gasteiger charge is -2.29. The second-order valence-corrected chi connectivity index (χ2v) is 8.15. The first kappa shape index (κ1) is 17.3. The van der Waals surface area contributed by atoms with Crippen LogP contribution in [0.1, 0.15) is 45.4 Å². The van der Waals surface area contributed by atoms with E-state index < -0.39 is 0 Å². The number of carbonyl (C=O) groups is 1. The third-order valence-corrected chi connectivity index (χ3v) is 6.29. The van der Waals surface area contributed by atoms with E-state index in [0.717, 1.165) is 35.3 Å². The van der Waals surface area contributed by atoms with Crippen LogP contribution in [-0.4, -0.2) is 26.1 Å². The Hall–Kier alpha value is -2.15. The Morgan fingerprint density at radius 1 is 1.35 bits per heavy atom. The number of hydrogen-bond donors (Lipinski definition) is 1. The molecule has 3 aromatic rings. The molecule has 0 spiro atoms. The molecular formula is C19H24N4O2S. The number of thiophene rings is 1. The van der Waals surface area contributed by atoms with E-state index in [2.05, 4.69) is 17.3 Å². The van der Waals surface area contributed by atoms with Gasteiger partial charge in [-0.15, -0.1) is 11.3 Å². The van der Waals surface area contributed by atoms with Crippen molar-refractivity contribution in [1.29, 1.82) is 0 Å². The summed E-state index contributed by atoms with van der Waals surface area (Å²) in [6.07, 6.45) is 5.24. The standard InChI is InChI=1S/C19H24N4O2S/c1-3-17-21-22(11-18(24)20-13-7-5-4-6-12(13)2)19(25)15-10-16-14(23(15)17)8-9-26-16/h8-10,12-13H,3-7,11H2,1-2H3,(H,20,24)/t12-,13-/m0/s1. The van der Waals surface area contributed by atoms with E-state index in [1.807, 2.05) is 28.8 Å². The molecule has 0 aliphatic heterocycles. The lowest BCUT2D eigenvalue weighted by Crippen LogP contribution is -2.44. The molecule has 3 aromatic heterocycles. The molecule has 1 aliphatic rings. The van der Waals surface area contributed by atoms with Crippen molar-refractivity contribution < 1.29 is 4.79 Å². The third kappa shape index (κ3) is 2.94. The number of carbonyl (C=O) groups excluding carboxylic acids is 1. The molecule has 6 nitrogen and oxygen atoms in total. The van der Waals surface area contributed by atoms with Gasteiger partial charge in [0.25, 0.3) is 5.56 Å². The van der Waals surface area contributed by atoms with Crippen LogP contribution in [0, 0.1) is 5.92 Å². The van der Waals surface area contributed by atoms with Gasteiger partial charge in [-0.05, 0) is 36.3 Å². The molecule has 1 N–H and O–H groups in total. The zero-order chi connectivity index (χ0) is 18.3. The minimum Gasteiger partial charge on any atom is -0.351 e. The maximum Gasteiger partial charge on any atom is 0.291 e. The van der Waals surface area contributed by atoms with Crippen molar-refractivity contribution in [1.82, 2.24) is 19.5 Å². The van der Waals surface area contributed by atoms with Crippen molar-refractivity contribution in [2.24, 2.45) is 5.92 Å². The summed E-state index contributed by atoms with van der Waals surface area (Å²) in [5.74, 6) is 1.16. The predicted octanol–water partition coefficient (Wildman–Crippen LogP) is 2.97. The molecule has 0 radical (unpaired) electrons. The molecule has 1 fully saturated rings. The first-order valence-corrected chi connectivity index (χ1v) is 10.2. The third-order valence-electron chi connectivity index (χ3n) is 5.44. The highest BCUT2D eigenvalue weighted by Gasteiger charge is 2.23. The molecule has 0 bridgehead atoms. The molecule has 26 heavy (non-hydrogen) atoms. The minimum atomic E-state index is -0.211. The van der Waals surface area contributed by atoms with E-state index >= 15 is 0 Å². The lowest BCUT2D eigenvalue weighted by molar-refractivity contribution is -0.123. The molecule has 0 aromatic carbocycles. The number of aryl methyl sites for hydroxylation is 1. The summed E-state index contributed by atoms with van der Waals surface area (Å²) in [5.41, 5.74) is 1.40. The summed E-state index contributed by atoms with van der Waals surface area (Å²) in [4.78, 5) is 25.4. The quantitative estimate of drug-likeness (QED) is 0.765. The van der Waals surface area contributed by atoms with Gasteiger partial charge in [-0.25, -0.2) is 4.68 Å². The van der Waals surface area contributed by atoms with Crippen molar-refractivity contribution >= 4 is 33.0 Å². The Labute approximate surface area is 155 Å². The van der Waals surface area contributed by atoms with Gasteiger partial charge in [-0.3, -0.25) is 14.0 Å². The fourth-order valence-corrected chi connectivity index (χ4v) is 4.78. The maximum atomic E-state index is 12.9. The predicted molar refractivity (Wildman–Crippen MR) is 104 cm³/mol. The first-order valence-electron chi connectivity index (χ1n) is 9.36. The highest BCUT2D eigenvalue weighted by atomic mass is 32.1. The number of amides is 1. The van der Waals surface area contributed by atoms with Crippen LogP contribution in [0.5, 0.6) is 0 Å². The van der Waals surface area contributed by atoms with Gasteiger partial charge in [0, 0.05) is 12.5 Å². The number of rotatable bonds is 4. The van der Waals surface area contributed by atoms with E-state index in [4.69, 9.17) is 0 Å². The van der Waals surface area contributed by atoms with Gasteiger partial charge in [0.2, 0.25) is 5.91 Å². The monoisotopic (exact) mass is 372 g/mol. The van der Waals surface area contributed by atoms with Crippen LogP contribution < -0.4 is 10.9 Å². The van der Waals surface area contributed by atoms with E-state index in [9.17, 15) is 9.59 Å². The Bertz CT molecular complexity index is 1020. The van der Waals surface area contributed by atoms with Gasteiger partial charge in [-0.2, -0.15) is 5.10 Å². The lowest BCUT2D eigenvalue weighted by atomic mass is 9.86. The number of nitrogens with one attached hydrogen (secondary N) is 1. The molecular weight excluding hydrogens is 348 g/mol. The number of fused-ring (bicyclic) bond motifs is 3. The summed E-state index contributed by atoms with van der Waals surface area (Å²) < 4.78 is 4.31. The number of aromatic nitrogens is 3. The SMILES string of the molecule is CCc1nn(CC(=O)N[C@H]2CCCC[C@@H]2C)c(=O)c2cc3sccc3n12. The summed E-state index contributed by atoms with van der Waals surface area (Å²) in [7, 11) is 0. The second kappa shape index (κ2) is 6.87. The average Bonchev–Trinajstić information content (AvgIpc) is 3.21. The zero-order valence-electron chi connectivity index (χ0n) is 15.2. The Morgan fingerprint density at radius 3 is 2.92 bits per heavy atom. The van der Waals surface area contributed by atoms with Crippen LogP contribution in [0.4, 0.5) is 0 Å². The molecule has 138 valence electrons. The zero-order valence-corrected chi connectivity index (χ0v) is 16.0. The Balaban J connectivity index is 1.65. The molecule has 1 aliphatic carbocycles. The smallest absolute Gasteiger partial charge is 0.291 e. The summed E-state index contributed by atoms with van der Waals surface area (Å²) in [6.45, 7) is 4.17. The number of hydrogen-bond acceptors (Lipinski definition) is 4. The molecule has 1 saturated carbocycles. The van der Waals surface area contributed by atoms with Gasteiger partial charge in [0.1, 0.15) is 17.9 Å². The largest absolute Gasteiger partial charge is 0.351 e. The summed E-state index contributed by atoms with van der Waals surface area (Å²) >= 11 is 1.61. The molecule has 3 heterocycles. The van der Waals surface area contributed by atoms with Crippen LogP contribution in [0.25, 0.3) is 15.7 Å². The molecule has 4 rings (SSSR count). The fourth-order valence-electron chi connectivity index (χ4n) is 3.98. The van der Waals surface area contributed by atoms with Crippen LogP contribution in [0.2, 0.25) is 0 Å². The normalized spacial score (nSPS) is 20.7. The summed E-state index contributed by atoms with van der Waals surface area (Å²) in [5, 5.41) is 9.61. The first-order chi connectivity index (χ1) is 12.6. The Morgan fingerprint density at radius 2 is 2.15 bits per heavy atom. The Kier molecular flexibility index (Phi) is 4.56. The average molecular weight is 372 g/mol. The second-order valence-electron chi connectivity index (χ2n) is 7.20. The van der Waals surface area contributed by atoms with Gasteiger partial charge < -0.3 is 5.32 Å². The summed E-state index contributed by atoms with van der Waals surface area (Å²) in [6, 6.07) is 4.12. The topological polar surface area (TPSA) is 68.4 Å². The van der Waals surface area contributed by atoms with Crippen molar-refractivity contribution in [2.45, 2.75) is 58.5 Å².